The van der Waals surface area contributed by atoms with E-state index in [-0.39, 0.29) is 18.1 Å². The molecule has 0 amide bonds. The molecular weight excluding hydrogens is 467 g/mol. The van der Waals surface area contributed by atoms with E-state index in [1.165, 1.54) is 11.6 Å². The van der Waals surface area contributed by atoms with Gasteiger partial charge in [-0.2, -0.15) is 0 Å². The number of phenolic OH excluding ortho intramolecular Hbond substituents is 1. The van der Waals surface area contributed by atoms with Crippen molar-refractivity contribution in [3.63, 3.8) is 0 Å². The molecule has 186 valence electrons. The fourth-order valence-electron chi connectivity index (χ4n) is 4.23. The molecule has 2 N–H and O–H groups in total. The number of phenols is 1. The van der Waals surface area contributed by atoms with Crippen LogP contribution in [0.4, 0.5) is 10.1 Å². The second-order valence-electron chi connectivity index (χ2n) is 8.80. The molecule has 0 saturated carbocycles. The summed E-state index contributed by atoms with van der Waals surface area (Å²) in [5.41, 5.74) is 2.50. The maximum atomic E-state index is 14.6. The number of nitrogens with one attached hydrogen (secondary N) is 1. The van der Waals surface area contributed by atoms with E-state index in [0.29, 0.717) is 30.4 Å². The molecule has 0 aromatic heterocycles. The molecule has 1 aliphatic rings. The quantitative estimate of drug-likeness (QED) is 0.300. The highest BCUT2D eigenvalue weighted by Crippen LogP contribution is 2.27. The van der Waals surface area contributed by atoms with E-state index < -0.39 is 5.82 Å². The first-order valence-corrected chi connectivity index (χ1v) is 12.4. The molecule has 1 aliphatic heterocycles. The van der Waals surface area contributed by atoms with Crippen molar-refractivity contribution in [2.45, 2.75) is 38.1 Å². The predicted octanol–water partition coefficient (Wildman–Crippen LogP) is 6.38. The van der Waals surface area contributed by atoms with Gasteiger partial charge in [0.25, 0.3) is 0 Å². The zero-order valence-corrected chi connectivity index (χ0v) is 20.5. The highest BCUT2D eigenvalue weighted by molar-refractivity contribution is 6.30. The Morgan fingerprint density at radius 2 is 1.89 bits per heavy atom. The lowest BCUT2D eigenvalue weighted by Gasteiger charge is -2.30. The van der Waals surface area contributed by atoms with E-state index in [9.17, 15) is 9.50 Å². The van der Waals surface area contributed by atoms with Crippen LogP contribution < -0.4 is 5.32 Å². The molecule has 7 heteroatoms. The predicted molar refractivity (Wildman–Crippen MR) is 137 cm³/mol. The minimum absolute atomic E-state index is 0.108. The van der Waals surface area contributed by atoms with E-state index in [0.717, 1.165) is 44.0 Å². The molecule has 35 heavy (non-hydrogen) atoms. The van der Waals surface area contributed by atoms with Crippen LogP contribution in [0.25, 0.3) is 0 Å². The summed E-state index contributed by atoms with van der Waals surface area (Å²) >= 11 is 6.13. The lowest BCUT2D eigenvalue weighted by molar-refractivity contribution is -0.164. The summed E-state index contributed by atoms with van der Waals surface area (Å²) in [5.74, 6) is -0.611. The van der Waals surface area contributed by atoms with E-state index >= 15 is 0 Å². The van der Waals surface area contributed by atoms with Gasteiger partial charge in [0.05, 0.1) is 18.3 Å². The summed E-state index contributed by atoms with van der Waals surface area (Å²) in [4.78, 5) is 2.29. The molecule has 5 nitrogen and oxygen atoms in total. The molecule has 1 saturated heterocycles. The van der Waals surface area contributed by atoms with Crippen LogP contribution >= 0.6 is 11.6 Å². The Hall–Kier alpha value is -2.64. The number of benzene rings is 3. The number of hydrogen-bond acceptors (Lipinski definition) is 5. The normalized spacial score (nSPS) is 16.8. The fourth-order valence-corrected chi connectivity index (χ4v) is 4.35. The van der Waals surface area contributed by atoms with E-state index in [1.807, 2.05) is 42.5 Å². The Balaban J connectivity index is 1.51. The molecule has 3 aromatic rings. The van der Waals surface area contributed by atoms with Crippen LogP contribution in [0.2, 0.25) is 5.02 Å². The van der Waals surface area contributed by atoms with Gasteiger partial charge in [-0.15, -0.1) is 0 Å². The van der Waals surface area contributed by atoms with E-state index in [4.69, 9.17) is 21.1 Å². The summed E-state index contributed by atoms with van der Waals surface area (Å²) < 4.78 is 26.3. The number of aromatic hydroxyl groups is 1. The summed E-state index contributed by atoms with van der Waals surface area (Å²) in [6, 6.07) is 21.8. The van der Waals surface area contributed by atoms with Crippen molar-refractivity contribution >= 4 is 17.3 Å². The van der Waals surface area contributed by atoms with Gasteiger partial charge >= 0.3 is 0 Å². The second kappa shape index (κ2) is 12.9. The molecule has 3 aromatic carbocycles. The average molecular weight is 499 g/mol. The number of rotatable bonds is 11. The van der Waals surface area contributed by atoms with E-state index in [2.05, 4.69) is 22.3 Å². The molecular formula is C28H32ClFN2O3. The van der Waals surface area contributed by atoms with E-state index in [1.54, 1.807) is 6.07 Å². The Morgan fingerprint density at radius 1 is 1.09 bits per heavy atom. The summed E-state index contributed by atoms with van der Waals surface area (Å²) in [6.45, 7) is 3.31. The number of halogens is 2. The fraction of sp³-hybridized carbons (Fsp3) is 0.357. The van der Waals surface area contributed by atoms with Crippen molar-refractivity contribution in [3.8, 4) is 5.75 Å². The summed E-state index contributed by atoms with van der Waals surface area (Å²) in [5, 5.41) is 13.6. The number of hydrogen-bond donors (Lipinski definition) is 2. The van der Waals surface area contributed by atoms with Gasteiger partial charge in [-0.3, -0.25) is 4.90 Å². The van der Waals surface area contributed by atoms with Crippen LogP contribution in [0.1, 0.15) is 36.4 Å². The Kier molecular flexibility index (Phi) is 9.37. The molecule has 0 radical (unpaired) electrons. The molecule has 4 rings (SSSR count). The molecule has 0 spiro atoms. The van der Waals surface area contributed by atoms with Crippen LogP contribution in [0.15, 0.2) is 72.8 Å². The van der Waals surface area contributed by atoms with Crippen molar-refractivity contribution in [2.24, 2.45) is 0 Å². The maximum Gasteiger partial charge on any atom is 0.157 e. The van der Waals surface area contributed by atoms with Gasteiger partial charge in [-0.1, -0.05) is 54.1 Å². The average Bonchev–Trinajstić information content (AvgIpc) is 2.87. The largest absolute Gasteiger partial charge is 0.508 e. The van der Waals surface area contributed by atoms with Gasteiger partial charge in [0.1, 0.15) is 11.6 Å². The van der Waals surface area contributed by atoms with Crippen molar-refractivity contribution in [3.05, 3.63) is 94.8 Å². The molecule has 1 heterocycles. The maximum absolute atomic E-state index is 14.6. The third-order valence-corrected chi connectivity index (χ3v) is 6.35. The van der Waals surface area contributed by atoms with Gasteiger partial charge in [-0.05, 0) is 54.7 Å². The molecule has 2 unspecified atom stereocenters. The molecule has 0 aliphatic carbocycles. The van der Waals surface area contributed by atoms with Gasteiger partial charge in [0.2, 0.25) is 0 Å². The van der Waals surface area contributed by atoms with Crippen LogP contribution in [-0.4, -0.2) is 42.6 Å². The topological polar surface area (TPSA) is 54.0 Å². The summed E-state index contributed by atoms with van der Waals surface area (Å²) in [6.07, 6.45) is 2.99. The lowest BCUT2D eigenvalue weighted by atomic mass is 10.0. The van der Waals surface area contributed by atoms with Crippen molar-refractivity contribution in [1.82, 2.24) is 4.90 Å². The van der Waals surface area contributed by atoms with Gasteiger partial charge in [0, 0.05) is 37.3 Å². The minimum atomic E-state index is -0.503. The second-order valence-corrected chi connectivity index (χ2v) is 9.24. The van der Waals surface area contributed by atoms with Crippen molar-refractivity contribution in [1.29, 1.82) is 0 Å². The van der Waals surface area contributed by atoms with Gasteiger partial charge in [0.15, 0.2) is 6.29 Å². The monoisotopic (exact) mass is 498 g/mol. The first-order chi connectivity index (χ1) is 17.1. The SMILES string of the molecule is Oc1ccc(NC(CN(CCOC2CCCCO2)Cc2ccccc2)c2ccc(Cl)cc2)c(F)c1. The third-order valence-electron chi connectivity index (χ3n) is 6.09. The number of ether oxygens (including phenoxy) is 2. The zero-order chi connectivity index (χ0) is 24.5. The third kappa shape index (κ3) is 7.94. The van der Waals surface area contributed by atoms with Crippen LogP contribution in [-0.2, 0) is 16.0 Å². The molecule has 1 fully saturated rings. The highest BCUT2D eigenvalue weighted by Gasteiger charge is 2.20. The van der Waals surface area contributed by atoms with Crippen LogP contribution in [0, 0.1) is 5.82 Å². The molecule has 2 atom stereocenters. The van der Waals surface area contributed by atoms with Gasteiger partial charge < -0.3 is 19.9 Å². The number of nitrogens with zero attached hydrogens (tertiary/aromatic N) is 1. The standard InChI is InChI=1S/C28H32ClFN2O3/c29-23-11-9-22(10-12-23)27(31-26-14-13-24(33)18-25(26)30)20-32(19-21-6-2-1-3-7-21)15-17-35-28-8-4-5-16-34-28/h1-3,6-7,9-14,18,27-28,31,33H,4-5,8,15-17,19-20H2. The first kappa shape index (κ1) is 25.5. The number of anilines is 1. The van der Waals surface area contributed by atoms with Gasteiger partial charge in [-0.25, -0.2) is 4.39 Å². The zero-order valence-electron chi connectivity index (χ0n) is 19.7. The van der Waals surface area contributed by atoms with Crippen molar-refractivity contribution in [2.75, 3.05) is 31.6 Å². The molecule has 0 bridgehead atoms. The minimum Gasteiger partial charge on any atom is -0.508 e. The first-order valence-electron chi connectivity index (χ1n) is 12.1. The Morgan fingerprint density at radius 3 is 2.60 bits per heavy atom. The Bertz CT molecular complexity index is 1050. The Labute approximate surface area is 211 Å². The smallest absolute Gasteiger partial charge is 0.157 e. The van der Waals surface area contributed by atoms with Crippen molar-refractivity contribution < 1.29 is 19.0 Å². The van der Waals surface area contributed by atoms with Crippen LogP contribution in [0.5, 0.6) is 5.75 Å². The lowest BCUT2D eigenvalue weighted by Crippen LogP contribution is -2.35. The highest BCUT2D eigenvalue weighted by atomic mass is 35.5. The summed E-state index contributed by atoms with van der Waals surface area (Å²) in [7, 11) is 0. The van der Waals surface area contributed by atoms with Crippen LogP contribution in [0.3, 0.4) is 0 Å².